The third-order valence-electron chi connectivity index (χ3n) is 3.91. The molecule has 0 unspecified atom stereocenters. The minimum atomic E-state index is -1.01. The van der Waals surface area contributed by atoms with Gasteiger partial charge in [-0.1, -0.05) is 33.6 Å². The molecule has 0 aromatic heterocycles. The minimum Gasteiger partial charge on any atom is -0.480 e. The van der Waals surface area contributed by atoms with Crippen molar-refractivity contribution in [3.63, 3.8) is 0 Å². The highest BCUT2D eigenvalue weighted by atomic mass is 32.2. The van der Waals surface area contributed by atoms with Crippen molar-refractivity contribution in [2.24, 2.45) is 5.41 Å². The van der Waals surface area contributed by atoms with Crippen LogP contribution in [-0.2, 0) is 4.79 Å². The first-order valence-electron chi connectivity index (χ1n) is 7.02. The van der Waals surface area contributed by atoms with Gasteiger partial charge in [0.1, 0.15) is 6.04 Å². The van der Waals surface area contributed by atoms with Crippen LogP contribution >= 0.6 is 11.8 Å². The topological polar surface area (TPSA) is 78.4 Å². The van der Waals surface area contributed by atoms with Crippen molar-refractivity contribution in [3.05, 3.63) is 0 Å². The summed E-state index contributed by atoms with van der Waals surface area (Å²) in [7, 11) is 0. The second-order valence-corrected chi connectivity index (χ2v) is 7.83. The Bertz CT molecular complexity index is 360. The number of urea groups is 1. The van der Waals surface area contributed by atoms with Gasteiger partial charge in [-0.3, -0.25) is 0 Å². The molecule has 0 saturated heterocycles. The van der Waals surface area contributed by atoms with Gasteiger partial charge in [-0.05, 0) is 24.5 Å². The zero-order chi connectivity index (χ0) is 15.4. The quantitative estimate of drug-likeness (QED) is 0.729. The summed E-state index contributed by atoms with van der Waals surface area (Å²) in [5.74, 6) is -1.01. The Balaban J connectivity index is 2.52. The maximum atomic E-state index is 11.9. The lowest BCUT2D eigenvalue weighted by atomic mass is 9.87. The van der Waals surface area contributed by atoms with Crippen molar-refractivity contribution in [2.75, 3.05) is 12.8 Å². The van der Waals surface area contributed by atoms with Crippen molar-refractivity contribution in [3.8, 4) is 0 Å². The minimum absolute atomic E-state index is 0.123. The molecule has 0 radical (unpaired) electrons. The van der Waals surface area contributed by atoms with Gasteiger partial charge >= 0.3 is 12.0 Å². The Hall–Kier alpha value is -0.910. The highest BCUT2D eigenvalue weighted by molar-refractivity contribution is 8.00. The first-order chi connectivity index (χ1) is 9.20. The summed E-state index contributed by atoms with van der Waals surface area (Å²) in [6, 6.07) is -1.29. The number of carbonyl (C=O) groups excluding carboxylic acids is 1. The molecule has 116 valence electrons. The molecule has 1 rings (SSSR count). The molecule has 3 N–H and O–H groups in total. The molecule has 1 saturated carbocycles. The number of amides is 2. The van der Waals surface area contributed by atoms with Gasteiger partial charge < -0.3 is 15.7 Å². The van der Waals surface area contributed by atoms with E-state index in [0.29, 0.717) is 6.54 Å². The fourth-order valence-electron chi connectivity index (χ4n) is 2.54. The average molecular weight is 302 g/mol. The van der Waals surface area contributed by atoms with Gasteiger partial charge in [0.25, 0.3) is 0 Å². The van der Waals surface area contributed by atoms with Crippen molar-refractivity contribution < 1.29 is 14.7 Å². The highest BCUT2D eigenvalue weighted by Gasteiger charge is 2.35. The first-order valence-corrected chi connectivity index (χ1v) is 8.25. The van der Waals surface area contributed by atoms with Gasteiger partial charge in [0.15, 0.2) is 0 Å². The highest BCUT2D eigenvalue weighted by Crippen LogP contribution is 2.39. The normalized spacial score (nSPS) is 19.4. The Labute approximate surface area is 125 Å². The predicted octanol–water partition coefficient (Wildman–Crippen LogP) is 2.46. The molecule has 0 heterocycles. The van der Waals surface area contributed by atoms with E-state index in [0.717, 1.165) is 12.8 Å². The molecule has 0 aliphatic heterocycles. The van der Waals surface area contributed by atoms with Crippen LogP contribution < -0.4 is 10.6 Å². The van der Waals surface area contributed by atoms with Gasteiger partial charge in [-0.25, -0.2) is 9.59 Å². The summed E-state index contributed by atoms with van der Waals surface area (Å²) in [6.07, 6.45) is 6.68. The molecule has 1 aliphatic carbocycles. The van der Waals surface area contributed by atoms with Crippen LogP contribution in [0.5, 0.6) is 0 Å². The molecule has 0 bridgehead atoms. The number of carbonyl (C=O) groups is 2. The molecule has 20 heavy (non-hydrogen) atoms. The maximum absolute atomic E-state index is 11.9. The fourth-order valence-corrected chi connectivity index (χ4v) is 3.46. The van der Waals surface area contributed by atoms with Crippen LogP contribution in [-0.4, -0.2) is 40.7 Å². The van der Waals surface area contributed by atoms with Crippen molar-refractivity contribution in [2.45, 2.75) is 57.2 Å². The monoisotopic (exact) mass is 302 g/mol. The summed E-state index contributed by atoms with van der Waals surface area (Å²) < 4.78 is 0.123. The second kappa shape index (κ2) is 6.70. The lowest BCUT2D eigenvalue weighted by molar-refractivity contribution is -0.141. The molecular weight excluding hydrogens is 276 g/mol. The van der Waals surface area contributed by atoms with Crippen molar-refractivity contribution >= 4 is 23.8 Å². The number of rotatable bonds is 5. The van der Waals surface area contributed by atoms with E-state index in [4.69, 9.17) is 0 Å². The number of nitrogens with one attached hydrogen (secondary N) is 2. The van der Waals surface area contributed by atoms with Crippen LogP contribution in [0, 0.1) is 5.41 Å². The zero-order valence-corrected chi connectivity index (χ0v) is 13.6. The van der Waals surface area contributed by atoms with Crippen LogP contribution in [0.25, 0.3) is 0 Å². The molecular formula is C14H26N2O3S. The first kappa shape index (κ1) is 17.1. The van der Waals surface area contributed by atoms with Crippen molar-refractivity contribution in [1.29, 1.82) is 0 Å². The van der Waals surface area contributed by atoms with E-state index in [1.807, 2.05) is 0 Å². The van der Waals surface area contributed by atoms with Gasteiger partial charge in [0.05, 0.1) is 0 Å². The van der Waals surface area contributed by atoms with Crippen LogP contribution in [0.1, 0.15) is 46.5 Å². The molecule has 0 aromatic carbocycles. The van der Waals surface area contributed by atoms with Gasteiger partial charge in [-0.15, -0.1) is 0 Å². The molecule has 1 fully saturated rings. The Morgan fingerprint density at radius 1 is 1.30 bits per heavy atom. The third-order valence-corrected chi connectivity index (χ3v) is 5.33. The number of aliphatic carboxylic acids is 1. The van der Waals surface area contributed by atoms with Gasteiger partial charge in [0, 0.05) is 11.3 Å². The van der Waals surface area contributed by atoms with Crippen LogP contribution in [0.2, 0.25) is 0 Å². The van der Waals surface area contributed by atoms with E-state index < -0.39 is 23.5 Å². The molecule has 5 nitrogen and oxygen atoms in total. The number of thioether (sulfide) groups is 1. The van der Waals surface area contributed by atoms with Crippen LogP contribution in [0.4, 0.5) is 4.79 Å². The van der Waals surface area contributed by atoms with E-state index in [-0.39, 0.29) is 4.75 Å². The lowest BCUT2D eigenvalue weighted by Gasteiger charge is -2.30. The number of hydrogen-bond donors (Lipinski definition) is 3. The predicted molar refractivity (Wildman–Crippen MR) is 82.1 cm³/mol. The van der Waals surface area contributed by atoms with Gasteiger partial charge in [-0.2, -0.15) is 11.8 Å². The molecule has 0 aromatic rings. The van der Waals surface area contributed by atoms with E-state index in [2.05, 4.69) is 16.9 Å². The summed E-state index contributed by atoms with van der Waals surface area (Å²) in [6.45, 7) is 5.99. The summed E-state index contributed by atoms with van der Waals surface area (Å²) in [5.41, 5.74) is -0.520. The Morgan fingerprint density at radius 3 is 2.25 bits per heavy atom. The SMILES string of the molecule is CSC1(CNC(=O)N[C@H](C(=O)O)C(C)(C)C)CCCC1. The Kier molecular flexibility index (Phi) is 5.74. The fraction of sp³-hybridized carbons (Fsp3) is 0.857. The molecule has 2 amide bonds. The molecule has 0 spiro atoms. The van der Waals surface area contributed by atoms with Crippen LogP contribution in [0.15, 0.2) is 0 Å². The third kappa shape index (κ3) is 4.58. The van der Waals surface area contributed by atoms with E-state index in [1.165, 1.54) is 12.8 Å². The summed E-state index contributed by atoms with van der Waals surface area (Å²) in [4.78, 5) is 23.1. The molecule has 1 atom stereocenters. The second-order valence-electron chi connectivity index (χ2n) is 6.56. The standard InChI is InChI=1S/C14H26N2O3S/c1-13(2,3)10(11(17)18)16-12(19)15-9-14(20-4)7-5-6-8-14/h10H,5-9H2,1-4H3,(H,17,18)(H2,15,16,19)/t10-/m1/s1. The number of hydrogen-bond acceptors (Lipinski definition) is 3. The molecule has 1 aliphatic rings. The average Bonchev–Trinajstić information content (AvgIpc) is 2.81. The van der Waals surface area contributed by atoms with Gasteiger partial charge in [0.2, 0.25) is 0 Å². The number of carboxylic acids is 1. The van der Waals surface area contributed by atoms with E-state index >= 15 is 0 Å². The van der Waals surface area contributed by atoms with E-state index in [1.54, 1.807) is 32.5 Å². The smallest absolute Gasteiger partial charge is 0.326 e. The van der Waals surface area contributed by atoms with E-state index in [9.17, 15) is 14.7 Å². The zero-order valence-electron chi connectivity index (χ0n) is 12.8. The van der Waals surface area contributed by atoms with Crippen molar-refractivity contribution in [1.82, 2.24) is 10.6 Å². The summed E-state index contributed by atoms with van der Waals surface area (Å²) >= 11 is 1.79. The Morgan fingerprint density at radius 2 is 1.85 bits per heavy atom. The number of carboxylic acid groups (broad SMARTS) is 1. The van der Waals surface area contributed by atoms with Crippen LogP contribution in [0.3, 0.4) is 0 Å². The largest absolute Gasteiger partial charge is 0.480 e. The maximum Gasteiger partial charge on any atom is 0.326 e. The summed E-state index contributed by atoms with van der Waals surface area (Å²) in [5, 5.41) is 14.6. The lowest BCUT2D eigenvalue weighted by Crippen LogP contribution is -2.53. The molecule has 6 heteroatoms.